The van der Waals surface area contributed by atoms with Gasteiger partial charge in [-0.3, -0.25) is 0 Å². The van der Waals surface area contributed by atoms with E-state index in [0.29, 0.717) is 0 Å². The quantitative estimate of drug-likeness (QED) is 0.164. The third-order valence-corrected chi connectivity index (χ3v) is 13.1. The molecule has 0 unspecified atom stereocenters. The molecule has 11 rings (SSSR count). The summed E-state index contributed by atoms with van der Waals surface area (Å²) in [5.74, 6) is 0. The lowest BCUT2D eigenvalue weighted by Gasteiger charge is -2.36. The van der Waals surface area contributed by atoms with Crippen LogP contribution >= 0.6 is 0 Å². The fourth-order valence-corrected chi connectivity index (χ4v) is 10.4. The average molecular weight is 742 g/mol. The predicted molar refractivity (Wildman–Crippen MR) is 244 cm³/mol. The molecule has 0 radical (unpaired) electrons. The molecule has 0 heterocycles. The van der Waals surface area contributed by atoms with Gasteiger partial charge in [0.2, 0.25) is 0 Å². The third kappa shape index (κ3) is 4.96. The van der Waals surface area contributed by atoms with Crippen molar-refractivity contribution in [2.75, 3.05) is 4.90 Å². The maximum absolute atomic E-state index is 2.51. The molecule has 2 aliphatic rings. The van der Waals surface area contributed by atoms with Crippen molar-refractivity contribution in [2.24, 2.45) is 0 Å². The van der Waals surface area contributed by atoms with Crippen molar-refractivity contribution < 1.29 is 0 Å². The molecule has 0 spiro atoms. The Labute approximate surface area is 341 Å². The van der Waals surface area contributed by atoms with Gasteiger partial charge >= 0.3 is 0 Å². The molecule has 9 aromatic rings. The Hall–Kier alpha value is -6.96. The Morgan fingerprint density at radius 2 is 0.948 bits per heavy atom. The van der Waals surface area contributed by atoms with E-state index in [1.165, 1.54) is 88.8 Å². The second-order valence-corrected chi connectivity index (χ2v) is 16.5. The molecule has 9 aromatic carbocycles. The minimum absolute atomic E-state index is 0.0723. The van der Waals surface area contributed by atoms with Gasteiger partial charge in [0.05, 0.1) is 5.41 Å². The molecule has 0 atom stereocenters. The Bertz CT molecular complexity index is 2990. The fourth-order valence-electron chi connectivity index (χ4n) is 10.4. The van der Waals surface area contributed by atoms with Crippen LogP contribution in [0.2, 0.25) is 0 Å². The monoisotopic (exact) mass is 741 g/mol. The van der Waals surface area contributed by atoms with Crippen LogP contribution in [-0.2, 0) is 10.8 Å². The molecule has 0 amide bonds. The maximum Gasteiger partial charge on any atom is 0.0716 e. The second kappa shape index (κ2) is 13.0. The van der Waals surface area contributed by atoms with E-state index in [1.807, 2.05) is 0 Å². The summed E-state index contributed by atoms with van der Waals surface area (Å²) in [6.07, 6.45) is 0. The lowest BCUT2D eigenvalue weighted by Crippen LogP contribution is -2.30. The van der Waals surface area contributed by atoms with Gasteiger partial charge in [0.1, 0.15) is 0 Å². The molecule has 0 N–H and O–H groups in total. The van der Waals surface area contributed by atoms with Crippen LogP contribution in [0.3, 0.4) is 0 Å². The second-order valence-electron chi connectivity index (χ2n) is 16.5. The van der Waals surface area contributed by atoms with Crippen LogP contribution in [0.25, 0.3) is 44.2 Å². The van der Waals surface area contributed by atoms with Crippen molar-refractivity contribution in [3.63, 3.8) is 0 Å². The van der Waals surface area contributed by atoms with Gasteiger partial charge < -0.3 is 4.90 Å². The molecule has 0 aromatic heterocycles. The van der Waals surface area contributed by atoms with E-state index < -0.39 is 5.41 Å². The highest BCUT2D eigenvalue weighted by Gasteiger charge is 2.48. The molecule has 1 nitrogen and oxygen atoms in total. The largest absolute Gasteiger partial charge is 0.310 e. The van der Waals surface area contributed by atoms with E-state index >= 15 is 0 Å². The van der Waals surface area contributed by atoms with Gasteiger partial charge in [-0.2, -0.15) is 0 Å². The highest BCUT2D eigenvalue weighted by atomic mass is 15.1. The molecule has 0 saturated carbocycles. The van der Waals surface area contributed by atoms with Gasteiger partial charge in [-0.15, -0.1) is 0 Å². The highest BCUT2D eigenvalue weighted by Crippen LogP contribution is 2.60. The van der Waals surface area contributed by atoms with Crippen LogP contribution in [0.1, 0.15) is 52.8 Å². The molecule has 58 heavy (non-hydrogen) atoms. The SMILES string of the molecule is Cc1c(N(c2ccc3c(c2)-c2ccccc2C3(C)C)c2ccc3ccccc3c2)ccc2c1C(c1ccccc1)(c1ccccc1)c1ccc(-c3ccccc3)cc1-2. The van der Waals surface area contributed by atoms with E-state index in [-0.39, 0.29) is 5.41 Å². The standard InChI is InChI=1S/C57H43N/c1-38-54(58(45-29-27-40-19-13-14-20-41(40)35-45)46-30-33-52-50(37-46)47-25-15-16-26-51(47)56(52,2)3)34-31-48-49-36-42(39-17-7-4-8-18-39)28-32-53(49)57(55(38)48,43-21-9-5-10-22-43)44-23-11-6-12-24-44/h4-37H,1-3H3. The molecule has 0 saturated heterocycles. The van der Waals surface area contributed by atoms with Crippen molar-refractivity contribution in [3.8, 4) is 33.4 Å². The molecule has 0 bridgehead atoms. The van der Waals surface area contributed by atoms with Crippen LogP contribution in [-0.4, -0.2) is 0 Å². The molecular formula is C57H43N. The lowest BCUT2D eigenvalue weighted by atomic mass is 9.66. The Balaban J connectivity index is 1.21. The predicted octanol–water partition coefficient (Wildman–Crippen LogP) is 15.0. The van der Waals surface area contributed by atoms with Crippen molar-refractivity contribution >= 4 is 27.8 Å². The summed E-state index contributed by atoms with van der Waals surface area (Å²) in [6, 6.07) is 76.8. The summed E-state index contributed by atoms with van der Waals surface area (Å²) in [4.78, 5) is 2.51. The summed E-state index contributed by atoms with van der Waals surface area (Å²) < 4.78 is 0. The number of benzene rings is 9. The van der Waals surface area contributed by atoms with Crippen LogP contribution in [0, 0.1) is 6.92 Å². The molecule has 0 aliphatic heterocycles. The van der Waals surface area contributed by atoms with Crippen molar-refractivity contribution in [1.29, 1.82) is 0 Å². The lowest BCUT2D eigenvalue weighted by molar-refractivity contribution is 0.660. The summed E-state index contributed by atoms with van der Waals surface area (Å²) in [6.45, 7) is 7.08. The topological polar surface area (TPSA) is 3.24 Å². The Kier molecular flexibility index (Phi) is 7.72. The average Bonchev–Trinajstić information content (AvgIpc) is 3.71. The molecular weight excluding hydrogens is 699 g/mol. The van der Waals surface area contributed by atoms with Gasteiger partial charge in [-0.1, -0.05) is 184 Å². The van der Waals surface area contributed by atoms with Crippen LogP contribution in [0.4, 0.5) is 17.1 Å². The highest BCUT2D eigenvalue weighted by molar-refractivity contribution is 5.96. The number of anilines is 3. The summed E-state index contributed by atoms with van der Waals surface area (Å²) >= 11 is 0. The van der Waals surface area contributed by atoms with Crippen LogP contribution < -0.4 is 4.90 Å². The molecule has 2 aliphatic carbocycles. The molecule has 1 heteroatoms. The number of fused-ring (bicyclic) bond motifs is 7. The fraction of sp³-hybridized carbons (Fsp3) is 0.0877. The number of hydrogen-bond acceptors (Lipinski definition) is 1. The first kappa shape index (κ1) is 34.3. The maximum atomic E-state index is 2.51. The summed E-state index contributed by atoms with van der Waals surface area (Å²) in [7, 11) is 0. The number of hydrogen-bond donors (Lipinski definition) is 0. The zero-order chi connectivity index (χ0) is 39.0. The van der Waals surface area contributed by atoms with E-state index in [4.69, 9.17) is 0 Å². The number of nitrogens with zero attached hydrogens (tertiary/aromatic N) is 1. The molecule has 276 valence electrons. The van der Waals surface area contributed by atoms with Crippen molar-refractivity contribution in [3.05, 3.63) is 245 Å². The van der Waals surface area contributed by atoms with Crippen LogP contribution in [0.5, 0.6) is 0 Å². The van der Waals surface area contributed by atoms with E-state index in [1.54, 1.807) is 0 Å². The zero-order valence-corrected chi connectivity index (χ0v) is 33.1. The van der Waals surface area contributed by atoms with Gasteiger partial charge in [-0.25, -0.2) is 0 Å². The summed E-state index contributed by atoms with van der Waals surface area (Å²) in [5, 5.41) is 2.46. The van der Waals surface area contributed by atoms with Crippen molar-refractivity contribution in [2.45, 2.75) is 31.6 Å². The van der Waals surface area contributed by atoms with E-state index in [2.05, 4.69) is 232 Å². The summed E-state index contributed by atoms with van der Waals surface area (Å²) in [5.41, 5.74) is 19.7. The Morgan fingerprint density at radius 3 is 1.69 bits per heavy atom. The van der Waals surface area contributed by atoms with E-state index in [0.717, 1.165) is 11.4 Å². The first-order valence-electron chi connectivity index (χ1n) is 20.4. The normalized spacial score (nSPS) is 14.1. The minimum Gasteiger partial charge on any atom is -0.310 e. The third-order valence-electron chi connectivity index (χ3n) is 13.1. The van der Waals surface area contributed by atoms with Gasteiger partial charge in [0.15, 0.2) is 0 Å². The minimum atomic E-state index is -0.543. The van der Waals surface area contributed by atoms with Gasteiger partial charge in [0.25, 0.3) is 0 Å². The first-order valence-corrected chi connectivity index (χ1v) is 20.4. The zero-order valence-electron chi connectivity index (χ0n) is 33.1. The van der Waals surface area contributed by atoms with Gasteiger partial charge in [-0.05, 0) is 126 Å². The Morgan fingerprint density at radius 1 is 0.379 bits per heavy atom. The van der Waals surface area contributed by atoms with Crippen molar-refractivity contribution in [1.82, 2.24) is 0 Å². The van der Waals surface area contributed by atoms with E-state index in [9.17, 15) is 0 Å². The van der Waals surface area contributed by atoms with Gasteiger partial charge in [0, 0.05) is 22.5 Å². The first-order chi connectivity index (χ1) is 28.4. The number of rotatable bonds is 6. The van der Waals surface area contributed by atoms with Crippen LogP contribution in [0.15, 0.2) is 206 Å². The smallest absolute Gasteiger partial charge is 0.0716 e. The molecule has 0 fully saturated rings.